The molecule has 15 heavy (non-hydrogen) atoms. The van der Waals surface area contributed by atoms with Gasteiger partial charge < -0.3 is 9.88 Å². The predicted molar refractivity (Wildman–Crippen MR) is 60.3 cm³/mol. The third-order valence-corrected chi connectivity index (χ3v) is 2.96. The molecule has 2 aromatic heterocycles. The van der Waals surface area contributed by atoms with E-state index in [0.29, 0.717) is 0 Å². The molecule has 2 heterocycles. The number of hydrogen-bond acceptors (Lipinski definition) is 5. The first-order valence-corrected chi connectivity index (χ1v) is 5.18. The van der Waals surface area contributed by atoms with Crippen molar-refractivity contribution in [2.45, 2.75) is 0 Å². The van der Waals surface area contributed by atoms with Crippen LogP contribution in [0, 0.1) is 0 Å². The summed E-state index contributed by atoms with van der Waals surface area (Å²) in [6, 6.07) is 3.32. The zero-order valence-electron chi connectivity index (χ0n) is 8.39. The molecule has 0 amide bonds. The van der Waals surface area contributed by atoms with Crippen molar-refractivity contribution in [2.24, 2.45) is 0 Å². The van der Waals surface area contributed by atoms with E-state index < -0.39 is 0 Å². The van der Waals surface area contributed by atoms with Gasteiger partial charge in [-0.15, -0.1) is 10.2 Å². The molecule has 0 atom stereocenters. The van der Waals surface area contributed by atoms with Gasteiger partial charge in [-0.25, -0.2) is 0 Å². The molecular formula is C9H10N4OS. The van der Waals surface area contributed by atoms with E-state index in [-0.39, 0.29) is 5.56 Å². The van der Waals surface area contributed by atoms with Gasteiger partial charge in [-0.1, -0.05) is 11.3 Å². The average molecular weight is 222 g/mol. The third-order valence-electron chi connectivity index (χ3n) is 1.82. The number of nitrogens with zero attached hydrogens (tertiary/aromatic N) is 3. The van der Waals surface area contributed by atoms with Crippen molar-refractivity contribution in [1.29, 1.82) is 0 Å². The van der Waals surface area contributed by atoms with Crippen LogP contribution < -0.4 is 10.5 Å². The lowest BCUT2D eigenvalue weighted by molar-refractivity contribution is 1.02. The van der Waals surface area contributed by atoms with E-state index in [0.717, 1.165) is 15.7 Å². The molecule has 0 saturated carbocycles. The molecular weight excluding hydrogens is 212 g/mol. The molecule has 0 bridgehead atoms. The zero-order chi connectivity index (χ0) is 10.8. The first-order chi connectivity index (χ1) is 7.16. The summed E-state index contributed by atoms with van der Waals surface area (Å²) in [7, 11) is 3.81. The van der Waals surface area contributed by atoms with Gasteiger partial charge in [0, 0.05) is 31.9 Å². The molecule has 0 unspecified atom stereocenters. The molecule has 0 aromatic carbocycles. The Bertz CT molecular complexity index is 517. The van der Waals surface area contributed by atoms with Gasteiger partial charge in [-0.2, -0.15) is 0 Å². The van der Waals surface area contributed by atoms with Crippen LogP contribution in [0.2, 0.25) is 0 Å². The van der Waals surface area contributed by atoms with Crippen LogP contribution in [0.3, 0.4) is 0 Å². The maximum atomic E-state index is 11.1. The van der Waals surface area contributed by atoms with Crippen LogP contribution >= 0.6 is 11.3 Å². The maximum absolute atomic E-state index is 11.1. The molecule has 0 fully saturated rings. The van der Waals surface area contributed by atoms with Gasteiger partial charge >= 0.3 is 0 Å². The van der Waals surface area contributed by atoms with E-state index in [9.17, 15) is 4.79 Å². The normalized spacial score (nSPS) is 10.3. The molecule has 6 heteroatoms. The van der Waals surface area contributed by atoms with Gasteiger partial charge in [-0.05, 0) is 6.07 Å². The summed E-state index contributed by atoms with van der Waals surface area (Å²) in [5.74, 6) is 0. The monoisotopic (exact) mass is 222 g/mol. The molecule has 5 nitrogen and oxygen atoms in total. The van der Waals surface area contributed by atoms with Gasteiger partial charge in [-0.3, -0.25) is 4.79 Å². The highest BCUT2D eigenvalue weighted by Crippen LogP contribution is 2.26. The van der Waals surface area contributed by atoms with Gasteiger partial charge in [0.1, 0.15) is 5.01 Å². The molecule has 2 rings (SSSR count). The summed E-state index contributed by atoms with van der Waals surface area (Å²) in [6.45, 7) is 0. The minimum atomic E-state index is -0.130. The molecule has 0 saturated heterocycles. The topological polar surface area (TPSA) is 61.9 Å². The molecule has 0 aliphatic rings. The summed E-state index contributed by atoms with van der Waals surface area (Å²) >= 11 is 1.45. The van der Waals surface area contributed by atoms with Gasteiger partial charge in [0.15, 0.2) is 0 Å². The third kappa shape index (κ3) is 2.04. The SMILES string of the molecule is CN(C)c1nnc(-c2cc[nH]c(=O)c2)s1. The van der Waals surface area contributed by atoms with Crippen LogP contribution in [0.15, 0.2) is 23.1 Å². The fourth-order valence-corrected chi connectivity index (χ4v) is 1.85. The second kappa shape index (κ2) is 3.82. The summed E-state index contributed by atoms with van der Waals surface area (Å²) in [5.41, 5.74) is 0.665. The van der Waals surface area contributed by atoms with E-state index in [4.69, 9.17) is 0 Å². The van der Waals surface area contributed by atoms with Gasteiger partial charge in [0.2, 0.25) is 10.7 Å². The molecule has 0 spiro atoms. The Hall–Kier alpha value is -1.69. The number of aromatic amines is 1. The number of nitrogens with one attached hydrogen (secondary N) is 1. The summed E-state index contributed by atoms with van der Waals surface area (Å²) in [6.07, 6.45) is 1.61. The number of hydrogen-bond donors (Lipinski definition) is 1. The van der Waals surface area contributed by atoms with Crippen LogP contribution in [-0.4, -0.2) is 29.3 Å². The zero-order valence-corrected chi connectivity index (χ0v) is 9.21. The van der Waals surface area contributed by atoms with Crippen LogP contribution in [0.1, 0.15) is 0 Å². The van der Waals surface area contributed by atoms with Gasteiger partial charge in [0.05, 0.1) is 0 Å². The number of aromatic nitrogens is 3. The Morgan fingerprint density at radius 1 is 1.40 bits per heavy atom. The van der Waals surface area contributed by atoms with Crippen LogP contribution in [0.25, 0.3) is 10.6 Å². The number of H-pyrrole nitrogens is 1. The Morgan fingerprint density at radius 2 is 2.20 bits per heavy atom. The standard InChI is InChI=1S/C9H10N4OS/c1-13(2)9-12-11-8(15-9)6-3-4-10-7(14)5-6/h3-5H,1-2H3,(H,10,14). The highest BCUT2D eigenvalue weighted by atomic mass is 32.1. The lowest BCUT2D eigenvalue weighted by Gasteiger charge is -2.03. The molecule has 78 valence electrons. The van der Waals surface area contributed by atoms with Crippen LogP contribution in [-0.2, 0) is 0 Å². The minimum Gasteiger partial charge on any atom is -0.353 e. The second-order valence-corrected chi connectivity index (χ2v) is 4.18. The van der Waals surface area contributed by atoms with Crippen molar-refractivity contribution in [3.63, 3.8) is 0 Å². The van der Waals surface area contributed by atoms with E-state index >= 15 is 0 Å². The van der Waals surface area contributed by atoms with Crippen molar-refractivity contribution in [1.82, 2.24) is 15.2 Å². The Morgan fingerprint density at radius 3 is 2.80 bits per heavy atom. The van der Waals surface area contributed by atoms with Crippen molar-refractivity contribution >= 4 is 16.5 Å². The number of rotatable bonds is 2. The van der Waals surface area contributed by atoms with Gasteiger partial charge in [0.25, 0.3) is 0 Å². The Balaban J connectivity index is 2.41. The highest BCUT2D eigenvalue weighted by Gasteiger charge is 2.07. The first kappa shape index (κ1) is 9.85. The highest BCUT2D eigenvalue weighted by molar-refractivity contribution is 7.18. The fourth-order valence-electron chi connectivity index (χ4n) is 1.09. The van der Waals surface area contributed by atoms with Crippen molar-refractivity contribution in [3.8, 4) is 10.6 Å². The summed E-state index contributed by atoms with van der Waals surface area (Å²) in [4.78, 5) is 15.5. The lowest BCUT2D eigenvalue weighted by Crippen LogP contribution is -2.07. The Labute approximate surface area is 90.4 Å². The van der Waals surface area contributed by atoms with Crippen molar-refractivity contribution < 1.29 is 0 Å². The molecule has 1 N–H and O–H groups in total. The molecule has 2 aromatic rings. The first-order valence-electron chi connectivity index (χ1n) is 4.37. The van der Waals surface area contributed by atoms with E-state index in [1.54, 1.807) is 12.3 Å². The van der Waals surface area contributed by atoms with E-state index in [1.165, 1.54) is 17.4 Å². The Kier molecular flexibility index (Phi) is 2.51. The second-order valence-electron chi connectivity index (χ2n) is 3.23. The van der Waals surface area contributed by atoms with E-state index in [1.807, 2.05) is 19.0 Å². The van der Waals surface area contributed by atoms with E-state index in [2.05, 4.69) is 15.2 Å². The molecule has 0 aliphatic heterocycles. The van der Waals surface area contributed by atoms with Crippen LogP contribution in [0.5, 0.6) is 0 Å². The number of anilines is 1. The minimum absolute atomic E-state index is 0.130. The van der Waals surface area contributed by atoms with Crippen molar-refractivity contribution in [2.75, 3.05) is 19.0 Å². The smallest absolute Gasteiger partial charge is 0.248 e. The predicted octanol–water partition coefficient (Wildman–Crippen LogP) is 0.959. The summed E-state index contributed by atoms with van der Waals surface area (Å²) < 4.78 is 0. The maximum Gasteiger partial charge on any atom is 0.248 e. The average Bonchev–Trinajstić information content (AvgIpc) is 2.66. The van der Waals surface area contributed by atoms with Crippen LogP contribution in [0.4, 0.5) is 5.13 Å². The largest absolute Gasteiger partial charge is 0.353 e. The molecule has 0 radical (unpaired) electrons. The number of pyridine rings is 1. The fraction of sp³-hybridized carbons (Fsp3) is 0.222. The van der Waals surface area contributed by atoms with Crippen molar-refractivity contribution in [3.05, 3.63) is 28.7 Å². The quantitative estimate of drug-likeness (QED) is 0.822. The molecule has 0 aliphatic carbocycles. The summed E-state index contributed by atoms with van der Waals surface area (Å²) in [5, 5.41) is 9.61. The lowest BCUT2D eigenvalue weighted by atomic mass is 10.3.